The molecule has 0 aliphatic heterocycles. The fourth-order valence-corrected chi connectivity index (χ4v) is 1.19. The zero-order chi connectivity index (χ0) is 11.5. The lowest BCUT2D eigenvalue weighted by molar-refractivity contribution is 0.0890. The summed E-state index contributed by atoms with van der Waals surface area (Å²) in [4.78, 5) is 11.6. The van der Waals surface area contributed by atoms with Crippen LogP contribution < -0.4 is 5.32 Å². The number of aliphatic hydroxyl groups is 1. The van der Waals surface area contributed by atoms with E-state index in [0.717, 1.165) is 0 Å². The smallest absolute Gasteiger partial charge is 0.273 e. The zero-order valence-corrected chi connectivity index (χ0v) is 9.20. The van der Waals surface area contributed by atoms with Crippen LogP contribution >= 0.6 is 0 Å². The molecule has 1 heterocycles. The largest absolute Gasteiger partial charge is 0.396 e. The molecule has 2 N–H and O–H groups in total. The number of nitrogens with one attached hydrogen (secondary N) is 1. The van der Waals surface area contributed by atoms with Gasteiger partial charge < -0.3 is 14.9 Å². The molecule has 0 aromatic carbocycles. The topological polar surface area (TPSA) is 75.4 Å². The first-order chi connectivity index (χ1) is 6.94. The summed E-state index contributed by atoms with van der Waals surface area (Å²) in [5.74, 6) is 0.311. The van der Waals surface area contributed by atoms with E-state index >= 15 is 0 Å². The Morgan fingerprint density at radius 2 is 2.33 bits per heavy atom. The first kappa shape index (κ1) is 11.7. The minimum absolute atomic E-state index is 0.0329. The van der Waals surface area contributed by atoms with Crippen LogP contribution in [0.15, 0.2) is 10.6 Å². The van der Waals surface area contributed by atoms with Crippen LogP contribution in [0, 0.1) is 6.92 Å². The summed E-state index contributed by atoms with van der Waals surface area (Å²) in [5.41, 5.74) is -0.183. The quantitative estimate of drug-likeness (QED) is 0.776. The molecule has 5 heteroatoms. The highest BCUT2D eigenvalue weighted by molar-refractivity contribution is 5.92. The average molecular weight is 212 g/mol. The normalized spacial score (nSPS) is 11.5. The van der Waals surface area contributed by atoms with Gasteiger partial charge in [-0.1, -0.05) is 5.16 Å². The van der Waals surface area contributed by atoms with E-state index in [1.807, 2.05) is 13.8 Å². The summed E-state index contributed by atoms with van der Waals surface area (Å²) in [6.07, 6.45) is 0.496. The molecule has 0 saturated heterocycles. The molecule has 1 amide bonds. The summed E-state index contributed by atoms with van der Waals surface area (Å²) >= 11 is 0. The Bertz CT molecular complexity index is 344. The van der Waals surface area contributed by atoms with E-state index in [0.29, 0.717) is 12.2 Å². The van der Waals surface area contributed by atoms with Gasteiger partial charge in [-0.2, -0.15) is 0 Å². The minimum atomic E-state index is -0.446. The monoisotopic (exact) mass is 212 g/mol. The zero-order valence-electron chi connectivity index (χ0n) is 9.20. The van der Waals surface area contributed by atoms with Crippen molar-refractivity contribution >= 4 is 5.91 Å². The number of aromatic nitrogens is 1. The number of aryl methyl sites for hydroxylation is 1. The molecule has 0 bridgehead atoms. The molecule has 0 spiro atoms. The molecule has 1 aromatic rings. The Labute approximate surface area is 88.5 Å². The fourth-order valence-electron chi connectivity index (χ4n) is 1.19. The second-order valence-corrected chi connectivity index (χ2v) is 4.13. The van der Waals surface area contributed by atoms with E-state index in [2.05, 4.69) is 10.5 Å². The van der Waals surface area contributed by atoms with Gasteiger partial charge in [-0.15, -0.1) is 0 Å². The Balaban J connectivity index is 2.63. The van der Waals surface area contributed by atoms with Gasteiger partial charge in [-0.3, -0.25) is 4.79 Å². The number of hydrogen-bond donors (Lipinski definition) is 2. The van der Waals surface area contributed by atoms with Crippen molar-refractivity contribution in [2.45, 2.75) is 32.7 Å². The second-order valence-electron chi connectivity index (χ2n) is 4.13. The van der Waals surface area contributed by atoms with Crippen molar-refractivity contribution in [3.05, 3.63) is 17.5 Å². The molecule has 0 saturated carbocycles. The standard InChI is InChI=1S/C10H16N2O3/c1-7-6-8(12-15-7)9(14)11-10(2,3)4-5-13/h6,13H,4-5H2,1-3H3,(H,11,14). The number of carbonyl (C=O) groups excluding carboxylic acids is 1. The summed E-state index contributed by atoms with van der Waals surface area (Å²) < 4.78 is 4.80. The van der Waals surface area contributed by atoms with Crippen molar-refractivity contribution in [3.63, 3.8) is 0 Å². The van der Waals surface area contributed by atoms with Crippen molar-refractivity contribution in [1.82, 2.24) is 10.5 Å². The summed E-state index contributed by atoms with van der Waals surface area (Å²) in [6, 6.07) is 1.57. The molecule has 5 nitrogen and oxygen atoms in total. The number of hydrogen-bond acceptors (Lipinski definition) is 4. The van der Waals surface area contributed by atoms with Crippen LogP contribution in [0.5, 0.6) is 0 Å². The Hall–Kier alpha value is -1.36. The Morgan fingerprint density at radius 1 is 1.67 bits per heavy atom. The number of nitrogens with zero attached hydrogens (tertiary/aromatic N) is 1. The predicted molar refractivity (Wildman–Crippen MR) is 54.5 cm³/mol. The third-order valence-electron chi connectivity index (χ3n) is 2.05. The van der Waals surface area contributed by atoms with E-state index in [1.54, 1.807) is 13.0 Å². The van der Waals surface area contributed by atoms with E-state index in [-0.39, 0.29) is 18.2 Å². The lowest BCUT2D eigenvalue weighted by Gasteiger charge is -2.24. The third-order valence-corrected chi connectivity index (χ3v) is 2.05. The molecule has 15 heavy (non-hydrogen) atoms. The van der Waals surface area contributed by atoms with Crippen molar-refractivity contribution < 1.29 is 14.4 Å². The van der Waals surface area contributed by atoms with Gasteiger partial charge in [-0.25, -0.2) is 0 Å². The SMILES string of the molecule is Cc1cc(C(=O)NC(C)(C)CCO)no1. The van der Waals surface area contributed by atoms with Crippen molar-refractivity contribution in [3.8, 4) is 0 Å². The highest BCUT2D eigenvalue weighted by Gasteiger charge is 2.22. The van der Waals surface area contributed by atoms with Crippen LogP contribution in [-0.4, -0.2) is 28.3 Å². The first-order valence-electron chi connectivity index (χ1n) is 4.81. The van der Waals surface area contributed by atoms with Crippen LogP contribution in [0.4, 0.5) is 0 Å². The van der Waals surface area contributed by atoms with Crippen molar-refractivity contribution in [2.75, 3.05) is 6.61 Å². The molecular formula is C10H16N2O3. The van der Waals surface area contributed by atoms with E-state index in [1.165, 1.54) is 0 Å². The summed E-state index contributed by atoms with van der Waals surface area (Å²) in [6.45, 7) is 5.44. The average Bonchev–Trinajstić information content (AvgIpc) is 2.50. The number of rotatable bonds is 4. The molecule has 0 fully saturated rings. The maximum absolute atomic E-state index is 11.6. The summed E-state index contributed by atoms with van der Waals surface area (Å²) in [5, 5.41) is 15.2. The van der Waals surface area contributed by atoms with Gasteiger partial charge in [0.1, 0.15) is 5.76 Å². The molecule has 0 aliphatic carbocycles. The van der Waals surface area contributed by atoms with Gasteiger partial charge in [0.25, 0.3) is 5.91 Å². The molecule has 1 aromatic heterocycles. The maximum Gasteiger partial charge on any atom is 0.273 e. The fraction of sp³-hybridized carbons (Fsp3) is 0.600. The van der Waals surface area contributed by atoms with Crippen molar-refractivity contribution in [1.29, 1.82) is 0 Å². The molecule has 0 atom stereocenters. The number of amides is 1. The second kappa shape index (κ2) is 4.44. The number of aliphatic hydroxyl groups excluding tert-OH is 1. The lowest BCUT2D eigenvalue weighted by atomic mass is 10.0. The molecule has 1 rings (SSSR count). The molecule has 0 unspecified atom stereocenters. The van der Waals surface area contributed by atoms with Gasteiger partial charge in [0.2, 0.25) is 0 Å². The maximum atomic E-state index is 11.6. The van der Waals surface area contributed by atoms with Crippen LogP contribution in [-0.2, 0) is 0 Å². The van der Waals surface area contributed by atoms with Gasteiger partial charge in [0.05, 0.1) is 0 Å². The van der Waals surface area contributed by atoms with Gasteiger partial charge >= 0.3 is 0 Å². The summed E-state index contributed by atoms with van der Waals surface area (Å²) in [7, 11) is 0. The highest BCUT2D eigenvalue weighted by Crippen LogP contribution is 2.09. The minimum Gasteiger partial charge on any atom is -0.396 e. The van der Waals surface area contributed by atoms with Gasteiger partial charge in [0.15, 0.2) is 5.69 Å². The van der Waals surface area contributed by atoms with Gasteiger partial charge in [-0.05, 0) is 27.2 Å². The van der Waals surface area contributed by atoms with E-state index in [9.17, 15) is 4.79 Å². The van der Waals surface area contributed by atoms with E-state index < -0.39 is 5.54 Å². The van der Waals surface area contributed by atoms with Crippen LogP contribution in [0.2, 0.25) is 0 Å². The number of carbonyl (C=O) groups is 1. The highest BCUT2D eigenvalue weighted by atomic mass is 16.5. The third kappa shape index (κ3) is 3.36. The molecular weight excluding hydrogens is 196 g/mol. The Morgan fingerprint density at radius 3 is 2.80 bits per heavy atom. The van der Waals surface area contributed by atoms with E-state index in [4.69, 9.17) is 9.63 Å². The van der Waals surface area contributed by atoms with Gasteiger partial charge in [0, 0.05) is 18.2 Å². The van der Waals surface area contributed by atoms with Crippen LogP contribution in [0.1, 0.15) is 36.5 Å². The van der Waals surface area contributed by atoms with Crippen LogP contribution in [0.25, 0.3) is 0 Å². The first-order valence-corrected chi connectivity index (χ1v) is 4.81. The predicted octanol–water partition coefficient (Wildman–Crippen LogP) is 0.874. The van der Waals surface area contributed by atoms with Crippen LogP contribution in [0.3, 0.4) is 0 Å². The molecule has 0 radical (unpaired) electrons. The molecule has 0 aliphatic rings. The lowest BCUT2D eigenvalue weighted by Crippen LogP contribution is -2.44. The Kier molecular flexibility index (Phi) is 3.47. The molecule has 84 valence electrons. The van der Waals surface area contributed by atoms with Crippen molar-refractivity contribution in [2.24, 2.45) is 0 Å².